The summed E-state index contributed by atoms with van der Waals surface area (Å²) in [6, 6.07) is 7.80. The average molecular weight is 178 g/mol. The second-order valence-electron chi connectivity index (χ2n) is 1.91. The van der Waals surface area contributed by atoms with E-state index in [-0.39, 0.29) is 24.8 Å². The number of hydrogen-bond acceptors (Lipinski definition) is 1. The Morgan fingerprint density at radius 1 is 1.20 bits per heavy atom. The highest BCUT2D eigenvalue weighted by molar-refractivity contribution is 5.39. The molecule has 0 amide bonds. The van der Waals surface area contributed by atoms with Crippen molar-refractivity contribution in [1.29, 1.82) is 0 Å². The maximum atomic E-state index is 5.46. The predicted molar refractivity (Wildman–Crippen MR) is 35.6 cm³/mol. The molecule has 0 aliphatic rings. The zero-order valence-electron chi connectivity index (χ0n) is 5.64. The first-order valence-corrected chi connectivity index (χ1v) is 2.61. The average Bonchev–Trinajstić information content (AvgIpc) is 1.64. The molecule has 3 heteroatoms. The van der Waals surface area contributed by atoms with Crippen LogP contribution in [0.15, 0.2) is 24.3 Å². The van der Waals surface area contributed by atoms with E-state index in [9.17, 15) is 0 Å². The maximum absolute atomic E-state index is 5.46. The van der Waals surface area contributed by atoms with E-state index >= 15 is 0 Å². The van der Waals surface area contributed by atoms with Crippen molar-refractivity contribution < 1.29 is 24.8 Å². The summed E-state index contributed by atoms with van der Waals surface area (Å²) in [5.74, 6) is 0. The molecule has 0 fully saturated rings. The number of benzene rings is 1. The lowest BCUT2D eigenvalue weighted by atomic mass is 10.2. The van der Waals surface area contributed by atoms with E-state index in [0.29, 0.717) is 0 Å². The number of nitrogens with two attached hydrogens (primary N) is 1. The van der Waals surface area contributed by atoms with Crippen molar-refractivity contribution in [3.63, 3.8) is 0 Å². The van der Waals surface area contributed by atoms with E-state index in [1.54, 1.807) is 0 Å². The van der Waals surface area contributed by atoms with Crippen molar-refractivity contribution >= 4 is 5.69 Å². The number of nitrogen functional groups attached to an aromatic ring is 1. The van der Waals surface area contributed by atoms with Gasteiger partial charge in [-0.15, -0.1) is 0 Å². The molecule has 2 N–H and O–H groups in total. The molecule has 58 valence electrons. The Morgan fingerprint density at radius 2 is 1.80 bits per heavy atom. The van der Waals surface area contributed by atoms with Crippen molar-refractivity contribution in [2.24, 2.45) is 0 Å². The molecule has 10 heavy (non-hydrogen) atoms. The van der Waals surface area contributed by atoms with Crippen LogP contribution in [0.5, 0.6) is 0 Å². The molecule has 1 aromatic carbocycles. The third kappa shape index (κ3) is 3.59. The lowest BCUT2D eigenvalue weighted by molar-refractivity contribution is -0.00100. The quantitative estimate of drug-likeness (QED) is 0.399. The zero-order valence-corrected chi connectivity index (χ0v) is 7.15. The summed E-state index contributed by atoms with van der Waals surface area (Å²) >= 11 is 0. The lowest BCUT2D eigenvalue weighted by Crippen LogP contribution is -3.00. The largest absolute Gasteiger partial charge is 1.00 e. The van der Waals surface area contributed by atoms with Crippen molar-refractivity contribution in [2.45, 2.75) is 6.92 Å². The highest BCUT2D eigenvalue weighted by Crippen LogP contribution is 2.03. The van der Waals surface area contributed by atoms with Crippen LogP contribution in [0.3, 0.4) is 0 Å². The molecule has 0 heterocycles. The molecular weight excluding hydrogens is 169 g/mol. The van der Waals surface area contributed by atoms with Gasteiger partial charge >= 0.3 is 0 Å². The molecule has 0 bridgehead atoms. The van der Waals surface area contributed by atoms with E-state index in [4.69, 9.17) is 5.73 Å². The summed E-state index contributed by atoms with van der Waals surface area (Å²) in [6.07, 6.45) is 0. The predicted octanol–water partition coefficient (Wildman–Crippen LogP) is -4.41. The molecule has 0 radical (unpaired) electrons. The number of anilines is 1. The van der Waals surface area contributed by atoms with Gasteiger partial charge in [0.25, 0.3) is 0 Å². The molecular formula is C7H9Cl2N-2. The minimum Gasteiger partial charge on any atom is -1.00 e. The van der Waals surface area contributed by atoms with Gasteiger partial charge in [0.2, 0.25) is 0 Å². The third-order valence-electron chi connectivity index (χ3n) is 1.04. The summed E-state index contributed by atoms with van der Waals surface area (Å²) in [5.41, 5.74) is 7.51. The number of rotatable bonds is 0. The first kappa shape index (κ1) is 12.3. The molecule has 0 spiro atoms. The van der Waals surface area contributed by atoms with Crippen LogP contribution in [-0.2, 0) is 0 Å². The Bertz CT molecular complexity index is 171. The molecule has 1 aromatic rings. The van der Waals surface area contributed by atoms with Gasteiger partial charge < -0.3 is 30.5 Å². The molecule has 0 unspecified atom stereocenters. The van der Waals surface area contributed by atoms with Crippen LogP contribution in [0.2, 0.25) is 0 Å². The normalized spacial score (nSPS) is 7.30. The SMILES string of the molecule is Cc1cccc(N)c1.[Cl-].[Cl-]. The van der Waals surface area contributed by atoms with E-state index in [1.807, 2.05) is 31.2 Å². The first-order chi connectivity index (χ1) is 3.79. The Balaban J connectivity index is 0. The minimum absolute atomic E-state index is 0. The van der Waals surface area contributed by atoms with Gasteiger partial charge in [-0.05, 0) is 24.6 Å². The van der Waals surface area contributed by atoms with Crippen molar-refractivity contribution in [2.75, 3.05) is 5.73 Å². The molecule has 0 saturated carbocycles. The molecule has 0 aliphatic heterocycles. The topological polar surface area (TPSA) is 26.0 Å². The van der Waals surface area contributed by atoms with Gasteiger partial charge in [-0.3, -0.25) is 0 Å². The Hall–Kier alpha value is -0.400. The summed E-state index contributed by atoms with van der Waals surface area (Å²) in [4.78, 5) is 0. The number of aryl methyl sites for hydroxylation is 1. The van der Waals surface area contributed by atoms with Crippen molar-refractivity contribution in [3.8, 4) is 0 Å². The fourth-order valence-electron chi connectivity index (χ4n) is 0.670. The van der Waals surface area contributed by atoms with Crippen LogP contribution in [-0.4, -0.2) is 0 Å². The molecule has 0 atom stereocenters. The Kier molecular flexibility index (Phi) is 6.63. The summed E-state index contributed by atoms with van der Waals surface area (Å²) in [7, 11) is 0. The van der Waals surface area contributed by atoms with Gasteiger partial charge in [0.1, 0.15) is 0 Å². The number of halogens is 2. The van der Waals surface area contributed by atoms with Crippen molar-refractivity contribution in [1.82, 2.24) is 0 Å². The van der Waals surface area contributed by atoms with Gasteiger partial charge in [-0.1, -0.05) is 12.1 Å². The monoisotopic (exact) mass is 177 g/mol. The second kappa shape index (κ2) is 5.39. The van der Waals surface area contributed by atoms with E-state index in [1.165, 1.54) is 5.56 Å². The molecule has 0 saturated heterocycles. The zero-order chi connectivity index (χ0) is 5.98. The molecule has 0 aromatic heterocycles. The van der Waals surface area contributed by atoms with Gasteiger partial charge in [0, 0.05) is 5.69 Å². The summed E-state index contributed by atoms with van der Waals surface area (Å²) < 4.78 is 0. The highest BCUT2D eigenvalue weighted by Gasteiger charge is 1.81. The van der Waals surface area contributed by atoms with E-state index in [2.05, 4.69) is 0 Å². The fraction of sp³-hybridized carbons (Fsp3) is 0.143. The Labute approximate surface area is 73.4 Å². The highest BCUT2D eigenvalue weighted by atomic mass is 35.5. The van der Waals surface area contributed by atoms with Gasteiger partial charge in [0.05, 0.1) is 0 Å². The molecule has 0 aliphatic carbocycles. The van der Waals surface area contributed by atoms with Crippen LogP contribution in [0.4, 0.5) is 5.69 Å². The van der Waals surface area contributed by atoms with E-state index < -0.39 is 0 Å². The number of hydrogen-bond donors (Lipinski definition) is 1. The smallest absolute Gasteiger partial charge is 0.0316 e. The van der Waals surface area contributed by atoms with Gasteiger partial charge in [0.15, 0.2) is 0 Å². The van der Waals surface area contributed by atoms with Crippen LogP contribution in [0, 0.1) is 6.92 Å². The maximum Gasteiger partial charge on any atom is 0.0316 e. The fourth-order valence-corrected chi connectivity index (χ4v) is 0.670. The molecule has 1 nitrogen and oxygen atoms in total. The van der Waals surface area contributed by atoms with Crippen LogP contribution in [0.1, 0.15) is 5.56 Å². The van der Waals surface area contributed by atoms with Crippen LogP contribution < -0.4 is 30.5 Å². The van der Waals surface area contributed by atoms with Crippen molar-refractivity contribution in [3.05, 3.63) is 29.8 Å². The Morgan fingerprint density at radius 3 is 2.10 bits per heavy atom. The van der Waals surface area contributed by atoms with Crippen LogP contribution >= 0.6 is 0 Å². The third-order valence-corrected chi connectivity index (χ3v) is 1.04. The van der Waals surface area contributed by atoms with Gasteiger partial charge in [-0.25, -0.2) is 0 Å². The molecule has 1 rings (SSSR count). The van der Waals surface area contributed by atoms with Crippen LogP contribution in [0.25, 0.3) is 0 Å². The summed E-state index contributed by atoms with van der Waals surface area (Å²) in [6.45, 7) is 2.02. The second-order valence-corrected chi connectivity index (χ2v) is 1.91. The van der Waals surface area contributed by atoms with Gasteiger partial charge in [-0.2, -0.15) is 0 Å². The summed E-state index contributed by atoms with van der Waals surface area (Å²) in [5, 5.41) is 0. The lowest BCUT2D eigenvalue weighted by Gasteiger charge is -1.91. The standard InChI is InChI=1S/C7H9N.2ClH/c1-6-3-2-4-7(8)5-6;;/h2-5H,8H2,1H3;2*1H/p-2. The van der Waals surface area contributed by atoms with E-state index in [0.717, 1.165) is 5.69 Å². The minimum atomic E-state index is 0. The first-order valence-electron chi connectivity index (χ1n) is 2.61.